The Morgan fingerprint density at radius 3 is 2.00 bits per heavy atom. The lowest BCUT2D eigenvalue weighted by molar-refractivity contribution is -0.145. The molecular weight excluding hydrogens is 264 g/mol. The van der Waals surface area contributed by atoms with Crippen molar-refractivity contribution in [3.05, 3.63) is 66.2 Å². The summed E-state index contributed by atoms with van der Waals surface area (Å²) in [6.07, 6.45) is -0.873. The third kappa shape index (κ3) is 3.92. The summed E-state index contributed by atoms with van der Waals surface area (Å²) in [5.41, 5.74) is 0.723. The highest BCUT2D eigenvalue weighted by molar-refractivity contribution is 5.76. The van der Waals surface area contributed by atoms with E-state index in [0.717, 1.165) is 5.56 Å². The van der Waals surface area contributed by atoms with Crippen LogP contribution in [0.15, 0.2) is 60.7 Å². The van der Waals surface area contributed by atoms with Crippen molar-refractivity contribution < 1.29 is 14.6 Å². The summed E-state index contributed by atoms with van der Waals surface area (Å²) >= 11 is 0. The van der Waals surface area contributed by atoms with Gasteiger partial charge in [-0.3, -0.25) is 4.79 Å². The molecule has 1 N–H and O–H groups in total. The molecule has 2 rings (SSSR count). The lowest BCUT2D eigenvalue weighted by Gasteiger charge is -2.24. The van der Waals surface area contributed by atoms with E-state index in [1.807, 2.05) is 50.2 Å². The van der Waals surface area contributed by atoms with Gasteiger partial charge in [-0.1, -0.05) is 62.4 Å². The van der Waals surface area contributed by atoms with Gasteiger partial charge in [0.25, 0.3) is 0 Å². The Hall–Kier alpha value is -2.13. The van der Waals surface area contributed by atoms with Crippen LogP contribution in [0.5, 0.6) is 5.75 Å². The highest BCUT2D eigenvalue weighted by Gasteiger charge is 2.32. The van der Waals surface area contributed by atoms with Crippen LogP contribution in [0, 0.1) is 11.8 Å². The minimum atomic E-state index is -0.873. The van der Waals surface area contributed by atoms with E-state index in [1.54, 1.807) is 24.3 Å². The molecule has 2 atom stereocenters. The van der Waals surface area contributed by atoms with E-state index in [1.165, 1.54) is 0 Å². The number of carbonyl (C=O) groups is 1. The fourth-order valence-corrected chi connectivity index (χ4v) is 2.30. The fourth-order valence-electron chi connectivity index (χ4n) is 2.30. The van der Waals surface area contributed by atoms with Crippen LogP contribution in [0.2, 0.25) is 0 Å². The van der Waals surface area contributed by atoms with Gasteiger partial charge >= 0.3 is 5.97 Å². The van der Waals surface area contributed by atoms with E-state index in [2.05, 4.69) is 0 Å². The molecule has 0 saturated carbocycles. The van der Waals surface area contributed by atoms with Gasteiger partial charge in [-0.15, -0.1) is 0 Å². The summed E-state index contributed by atoms with van der Waals surface area (Å²) in [7, 11) is 0. The van der Waals surface area contributed by atoms with Crippen molar-refractivity contribution in [2.45, 2.75) is 20.0 Å². The molecule has 0 amide bonds. The first kappa shape index (κ1) is 15.3. The Morgan fingerprint density at radius 1 is 0.952 bits per heavy atom. The normalized spacial score (nSPS) is 13.7. The Morgan fingerprint density at radius 2 is 1.48 bits per heavy atom. The molecule has 0 fully saturated rings. The number of carbonyl (C=O) groups excluding carboxylic acids is 1. The van der Waals surface area contributed by atoms with Gasteiger partial charge in [-0.25, -0.2) is 0 Å². The molecular formula is C18H20O3. The topological polar surface area (TPSA) is 46.5 Å². The molecule has 0 aliphatic rings. The molecule has 21 heavy (non-hydrogen) atoms. The van der Waals surface area contributed by atoms with E-state index in [0.29, 0.717) is 5.75 Å². The molecule has 0 aromatic heterocycles. The first-order valence-electron chi connectivity index (χ1n) is 7.09. The van der Waals surface area contributed by atoms with Crippen LogP contribution in [-0.4, -0.2) is 11.1 Å². The number of aliphatic hydroxyl groups is 1. The lowest BCUT2D eigenvalue weighted by Crippen LogP contribution is -2.30. The maximum atomic E-state index is 12.4. The molecule has 2 unspecified atom stereocenters. The summed E-state index contributed by atoms with van der Waals surface area (Å²) in [5.74, 6) is -0.551. The molecule has 3 nitrogen and oxygen atoms in total. The van der Waals surface area contributed by atoms with Crippen LogP contribution < -0.4 is 4.74 Å². The van der Waals surface area contributed by atoms with Crippen molar-refractivity contribution in [1.82, 2.24) is 0 Å². The average molecular weight is 284 g/mol. The number of rotatable bonds is 5. The monoisotopic (exact) mass is 284 g/mol. The first-order chi connectivity index (χ1) is 10.1. The minimum absolute atomic E-state index is 0.0311. The van der Waals surface area contributed by atoms with Crippen LogP contribution >= 0.6 is 0 Å². The zero-order chi connectivity index (χ0) is 15.2. The number of aliphatic hydroxyl groups excluding tert-OH is 1. The largest absolute Gasteiger partial charge is 0.426 e. The maximum absolute atomic E-state index is 12.4. The van der Waals surface area contributed by atoms with E-state index in [4.69, 9.17) is 4.74 Å². The molecule has 2 aromatic carbocycles. The number of benzene rings is 2. The number of esters is 1. The molecule has 0 aliphatic carbocycles. The van der Waals surface area contributed by atoms with Gasteiger partial charge in [0.2, 0.25) is 0 Å². The van der Waals surface area contributed by atoms with E-state index >= 15 is 0 Å². The van der Waals surface area contributed by atoms with Gasteiger partial charge in [0.1, 0.15) is 5.75 Å². The fraction of sp³-hybridized carbons (Fsp3) is 0.278. The van der Waals surface area contributed by atoms with Gasteiger partial charge in [0.15, 0.2) is 0 Å². The molecule has 0 saturated heterocycles. The Labute approximate surface area is 125 Å². The van der Waals surface area contributed by atoms with Gasteiger partial charge in [0, 0.05) is 0 Å². The van der Waals surface area contributed by atoms with Crippen LogP contribution in [-0.2, 0) is 4.79 Å². The second-order valence-electron chi connectivity index (χ2n) is 5.36. The van der Waals surface area contributed by atoms with Crippen molar-refractivity contribution in [3.63, 3.8) is 0 Å². The summed E-state index contributed by atoms with van der Waals surface area (Å²) in [4.78, 5) is 12.4. The average Bonchev–Trinajstić information content (AvgIpc) is 2.49. The molecule has 0 radical (unpaired) electrons. The predicted molar refractivity (Wildman–Crippen MR) is 81.8 cm³/mol. The Balaban J connectivity index is 2.17. The molecule has 0 spiro atoms. The third-order valence-corrected chi connectivity index (χ3v) is 3.43. The van der Waals surface area contributed by atoms with Gasteiger partial charge < -0.3 is 9.84 Å². The van der Waals surface area contributed by atoms with Gasteiger partial charge in [-0.2, -0.15) is 0 Å². The third-order valence-electron chi connectivity index (χ3n) is 3.43. The molecule has 0 bridgehead atoms. The van der Waals surface area contributed by atoms with Crippen molar-refractivity contribution in [2.75, 3.05) is 0 Å². The van der Waals surface area contributed by atoms with E-state index in [9.17, 15) is 9.90 Å². The quantitative estimate of drug-likeness (QED) is 0.674. The molecule has 2 aromatic rings. The van der Waals surface area contributed by atoms with Crippen LogP contribution in [0.25, 0.3) is 0 Å². The number of ether oxygens (including phenoxy) is 1. The minimum Gasteiger partial charge on any atom is -0.426 e. The second-order valence-corrected chi connectivity index (χ2v) is 5.36. The number of hydrogen-bond donors (Lipinski definition) is 1. The second kappa shape index (κ2) is 7.04. The molecule has 110 valence electrons. The first-order valence-corrected chi connectivity index (χ1v) is 7.09. The van der Waals surface area contributed by atoms with E-state index in [-0.39, 0.29) is 5.92 Å². The smallest absolute Gasteiger partial charge is 0.317 e. The zero-order valence-electron chi connectivity index (χ0n) is 12.3. The van der Waals surface area contributed by atoms with Crippen molar-refractivity contribution in [3.8, 4) is 5.75 Å². The molecule has 3 heteroatoms. The molecule has 0 aliphatic heterocycles. The highest BCUT2D eigenvalue weighted by atomic mass is 16.5. The summed E-state index contributed by atoms with van der Waals surface area (Å²) in [5, 5.41) is 10.5. The Kier molecular flexibility index (Phi) is 5.12. The number of para-hydroxylation sites is 1. The summed E-state index contributed by atoms with van der Waals surface area (Å²) in [6, 6.07) is 18.1. The SMILES string of the molecule is CC(C)C(C(=O)Oc1ccccc1)C(O)c1ccccc1. The zero-order valence-corrected chi connectivity index (χ0v) is 12.3. The van der Waals surface area contributed by atoms with E-state index < -0.39 is 18.0 Å². The summed E-state index contributed by atoms with van der Waals surface area (Å²) in [6.45, 7) is 3.81. The van der Waals surface area contributed by atoms with Crippen molar-refractivity contribution in [2.24, 2.45) is 11.8 Å². The summed E-state index contributed by atoms with van der Waals surface area (Å²) < 4.78 is 5.38. The standard InChI is InChI=1S/C18H20O3/c1-13(2)16(17(19)14-9-5-3-6-10-14)18(20)21-15-11-7-4-8-12-15/h3-13,16-17,19H,1-2H3. The Bertz CT molecular complexity index is 564. The predicted octanol–water partition coefficient (Wildman–Crippen LogP) is 3.60. The maximum Gasteiger partial charge on any atom is 0.317 e. The van der Waals surface area contributed by atoms with Crippen molar-refractivity contribution in [1.29, 1.82) is 0 Å². The highest BCUT2D eigenvalue weighted by Crippen LogP contribution is 2.29. The van der Waals surface area contributed by atoms with Crippen LogP contribution in [0.4, 0.5) is 0 Å². The van der Waals surface area contributed by atoms with Gasteiger partial charge in [-0.05, 0) is 23.6 Å². The van der Waals surface area contributed by atoms with Crippen molar-refractivity contribution >= 4 is 5.97 Å². The van der Waals surface area contributed by atoms with Crippen LogP contribution in [0.1, 0.15) is 25.5 Å². The number of hydrogen-bond acceptors (Lipinski definition) is 3. The molecule has 0 heterocycles. The van der Waals surface area contributed by atoms with Gasteiger partial charge in [0.05, 0.1) is 12.0 Å². The van der Waals surface area contributed by atoms with Crippen LogP contribution in [0.3, 0.4) is 0 Å². The lowest BCUT2D eigenvalue weighted by atomic mass is 9.86.